The maximum atomic E-state index is 4.54. The van der Waals surface area contributed by atoms with Gasteiger partial charge < -0.3 is 0 Å². The van der Waals surface area contributed by atoms with E-state index < -0.39 is 0 Å². The molecule has 0 aromatic carbocycles. The van der Waals surface area contributed by atoms with Gasteiger partial charge in [-0.2, -0.15) is 0 Å². The first kappa shape index (κ1) is 9.23. The Balaban J connectivity index is 1.55. The first-order valence-corrected chi connectivity index (χ1v) is 8.84. The maximum absolute atomic E-state index is 4.54. The minimum Gasteiger partial charge on any atom is -0.264 e. The van der Waals surface area contributed by atoms with Crippen LogP contribution in [-0.2, 0) is 5.41 Å². The normalized spacial score (nSPS) is 74.3. The van der Waals surface area contributed by atoms with Crippen molar-refractivity contribution >= 4 is 0 Å². The lowest BCUT2D eigenvalue weighted by Crippen LogP contribution is -2.39. The molecule has 0 spiro atoms. The number of hydrogen-bond acceptors (Lipinski definition) is 1. The summed E-state index contributed by atoms with van der Waals surface area (Å²) in [6.45, 7) is 0. The van der Waals surface area contributed by atoms with Gasteiger partial charge in [-0.1, -0.05) is 6.07 Å². The van der Waals surface area contributed by atoms with Gasteiger partial charge in [0.15, 0.2) is 0 Å². The van der Waals surface area contributed by atoms with Gasteiger partial charge in [-0.25, -0.2) is 0 Å². The maximum Gasteiger partial charge on any atom is 0.0305 e. The smallest absolute Gasteiger partial charge is 0.0305 e. The fraction of sp³-hybridized carbons (Fsp3) is 0.737. The molecular weight excluding hydrogens is 242 g/mol. The molecule has 0 radical (unpaired) electrons. The summed E-state index contributed by atoms with van der Waals surface area (Å²) in [4.78, 5) is 4.54. The third-order valence-corrected chi connectivity index (χ3v) is 9.92. The van der Waals surface area contributed by atoms with Crippen LogP contribution in [0.4, 0.5) is 0 Å². The fourth-order valence-corrected chi connectivity index (χ4v) is 10.8. The molecule has 20 heavy (non-hydrogen) atoms. The molecule has 1 nitrogen and oxygen atoms in total. The summed E-state index contributed by atoms with van der Waals surface area (Å²) in [6, 6.07) is 4.66. The Kier molecular flexibility index (Phi) is 1.06. The Bertz CT molecular complexity index is 670. The Morgan fingerprint density at radius 2 is 1.70 bits per heavy atom. The molecule has 8 fully saturated rings. The molecule has 1 heterocycles. The van der Waals surface area contributed by atoms with Crippen LogP contribution in [0.1, 0.15) is 18.4 Å². The van der Waals surface area contributed by atoms with E-state index in [4.69, 9.17) is 0 Å². The molecule has 9 rings (SSSR count). The molecule has 0 amide bonds. The number of rotatable bonds is 1. The zero-order chi connectivity index (χ0) is 12.4. The molecule has 100 valence electrons. The van der Waals surface area contributed by atoms with Crippen LogP contribution in [0.25, 0.3) is 0 Å². The Morgan fingerprint density at radius 1 is 0.900 bits per heavy atom. The highest BCUT2D eigenvalue weighted by molar-refractivity contribution is 5.48. The molecule has 8 aliphatic carbocycles. The van der Waals surface area contributed by atoms with Gasteiger partial charge in [-0.05, 0) is 89.6 Å². The van der Waals surface area contributed by atoms with E-state index >= 15 is 0 Å². The molecular formula is C19H19N. The van der Waals surface area contributed by atoms with E-state index in [1.165, 1.54) is 17.8 Å². The zero-order valence-electron chi connectivity index (χ0n) is 11.5. The van der Waals surface area contributed by atoms with Gasteiger partial charge in [0.2, 0.25) is 0 Å². The van der Waals surface area contributed by atoms with Crippen LogP contribution in [0.3, 0.4) is 0 Å². The van der Waals surface area contributed by atoms with Crippen molar-refractivity contribution in [3.8, 4) is 0 Å². The Hall–Kier alpha value is -0.850. The number of hydrogen-bond donors (Lipinski definition) is 0. The van der Waals surface area contributed by atoms with Crippen molar-refractivity contribution in [3.05, 3.63) is 30.1 Å². The predicted octanol–water partition coefficient (Wildman–Crippen LogP) is 2.97. The first-order chi connectivity index (χ1) is 9.94. The van der Waals surface area contributed by atoms with E-state index in [1.54, 1.807) is 18.4 Å². The molecule has 8 aliphatic rings. The lowest BCUT2D eigenvalue weighted by molar-refractivity contribution is 0.175. The average molecular weight is 261 g/mol. The van der Waals surface area contributed by atoms with Crippen molar-refractivity contribution in [2.75, 3.05) is 0 Å². The molecule has 8 saturated carbocycles. The highest BCUT2D eigenvalue weighted by Gasteiger charge is 2.93. The third kappa shape index (κ3) is 0.538. The summed E-state index contributed by atoms with van der Waals surface area (Å²) in [6.07, 6.45) is 7.48. The van der Waals surface area contributed by atoms with E-state index in [1.807, 2.05) is 6.20 Å². The van der Waals surface area contributed by atoms with Gasteiger partial charge in [-0.15, -0.1) is 0 Å². The second kappa shape index (κ2) is 2.30. The standard InChI is InChI=1S/C19H19N/c1-2-7(6-20-3-1)19-11-5-10-13-12-8-4-9(15(12)18(10)19)17(19)14(8)16(11)13/h1-3,6,8-18H,4-5H2/t8?,9?,10?,11?,12-,13?,14+,15-,16?,17+,18?,19?/m1/s1. The van der Waals surface area contributed by atoms with Crippen molar-refractivity contribution in [2.24, 2.45) is 65.1 Å². The van der Waals surface area contributed by atoms with Crippen LogP contribution in [0.2, 0.25) is 0 Å². The van der Waals surface area contributed by atoms with Gasteiger partial charge in [0.1, 0.15) is 0 Å². The average Bonchev–Trinajstić information content (AvgIpc) is 3.20. The molecule has 0 N–H and O–H groups in total. The van der Waals surface area contributed by atoms with Crippen LogP contribution < -0.4 is 0 Å². The summed E-state index contributed by atoms with van der Waals surface area (Å²) in [5, 5.41) is 0. The van der Waals surface area contributed by atoms with E-state index in [9.17, 15) is 0 Å². The van der Waals surface area contributed by atoms with Gasteiger partial charge >= 0.3 is 0 Å². The second-order valence-corrected chi connectivity index (χ2v) is 9.18. The molecule has 1 aromatic heterocycles. The van der Waals surface area contributed by atoms with Gasteiger partial charge in [0, 0.05) is 17.8 Å². The fourth-order valence-electron chi connectivity index (χ4n) is 10.8. The lowest BCUT2D eigenvalue weighted by Gasteiger charge is -2.40. The lowest BCUT2D eigenvalue weighted by atomic mass is 9.63. The zero-order valence-corrected chi connectivity index (χ0v) is 11.5. The highest BCUT2D eigenvalue weighted by atomic mass is 15.0. The number of aromatic nitrogens is 1. The Morgan fingerprint density at radius 3 is 2.55 bits per heavy atom. The first-order valence-electron chi connectivity index (χ1n) is 8.84. The summed E-state index contributed by atoms with van der Waals surface area (Å²) < 4.78 is 0. The predicted molar refractivity (Wildman–Crippen MR) is 73.5 cm³/mol. The van der Waals surface area contributed by atoms with Crippen LogP contribution in [0.5, 0.6) is 0 Å². The van der Waals surface area contributed by atoms with Gasteiger partial charge in [0.25, 0.3) is 0 Å². The quantitative estimate of drug-likeness (QED) is 0.757. The van der Waals surface area contributed by atoms with Crippen molar-refractivity contribution in [2.45, 2.75) is 18.3 Å². The van der Waals surface area contributed by atoms with Gasteiger partial charge in [-0.3, -0.25) is 4.98 Å². The summed E-state index contributed by atoms with van der Waals surface area (Å²) in [7, 11) is 0. The van der Waals surface area contributed by atoms with Crippen LogP contribution in [-0.4, -0.2) is 4.98 Å². The van der Waals surface area contributed by atoms with Crippen molar-refractivity contribution < 1.29 is 0 Å². The van der Waals surface area contributed by atoms with E-state index in [0.717, 1.165) is 47.3 Å². The minimum absolute atomic E-state index is 0.625. The highest BCUT2D eigenvalue weighted by Crippen LogP contribution is 2.96. The van der Waals surface area contributed by atoms with E-state index in [2.05, 4.69) is 23.3 Å². The van der Waals surface area contributed by atoms with Crippen molar-refractivity contribution in [1.82, 2.24) is 4.98 Å². The SMILES string of the molecule is c1cncc(C23C4CC5C6C4[C@@H]4C7CC([C@@H](C52)[C@@H]67)[C@@H]43)c1. The molecule has 1 heteroatoms. The minimum atomic E-state index is 0.625. The molecule has 8 unspecified atom stereocenters. The van der Waals surface area contributed by atoms with Crippen molar-refractivity contribution in [3.63, 3.8) is 0 Å². The van der Waals surface area contributed by atoms with E-state index in [-0.39, 0.29) is 0 Å². The molecule has 12 atom stereocenters. The summed E-state index contributed by atoms with van der Waals surface area (Å²) >= 11 is 0. The van der Waals surface area contributed by atoms with Gasteiger partial charge in [0.05, 0.1) is 0 Å². The summed E-state index contributed by atoms with van der Waals surface area (Å²) in [5.74, 6) is 12.6. The molecule has 0 saturated heterocycles. The summed E-state index contributed by atoms with van der Waals surface area (Å²) in [5.41, 5.74) is 2.30. The van der Waals surface area contributed by atoms with Crippen LogP contribution in [0.15, 0.2) is 24.5 Å². The second-order valence-electron chi connectivity index (χ2n) is 9.18. The third-order valence-electron chi connectivity index (χ3n) is 9.92. The van der Waals surface area contributed by atoms with Crippen LogP contribution >= 0.6 is 0 Å². The van der Waals surface area contributed by atoms with Crippen molar-refractivity contribution in [1.29, 1.82) is 0 Å². The number of pyridine rings is 1. The largest absolute Gasteiger partial charge is 0.264 e. The number of nitrogens with zero attached hydrogens (tertiary/aromatic N) is 1. The molecule has 1 aromatic rings. The van der Waals surface area contributed by atoms with Crippen LogP contribution in [0, 0.1) is 65.1 Å². The van der Waals surface area contributed by atoms with E-state index in [0.29, 0.717) is 5.41 Å². The monoisotopic (exact) mass is 261 g/mol. The Labute approximate surface area is 119 Å². The molecule has 4 bridgehead atoms. The topological polar surface area (TPSA) is 12.9 Å². The molecule has 0 aliphatic heterocycles.